The van der Waals surface area contributed by atoms with Gasteiger partial charge in [-0.3, -0.25) is 9.69 Å². The maximum absolute atomic E-state index is 12.9. The lowest BCUT2D eigenvalue weighted by Crippen LogP contribution is -2.61. The van der Waals surface area contributed by atoms with Gasteiger partial charge in [0, 0.05) is 37.6 Å². The molecular formula is C18H28N4O2S. The van der Waals surface area contributed by atoms with E-state index < -0.39 is 0 Å². The lowest BCUT2D eigenvalue weighted by atomic mass is 9.71. The highest BCUT2D eigenvalue weighted by molar-refractivity contribution is 6.99. The second kappa shape index (κ2) is 6.93. The van der Waals surface area contributed by atoms with Gasteiger partial charge >= 0.3 is 0 Å². The van der Waals surface area contributed by atoms with Crippen LogP contribution >= 0.6 is 11.7 Å². The Kier molecular flexibility index (Phi) is 4.81. The Hall–Kier alpha value is -1.05. The number of aromatic nitrogens is 2. The molecule has 1 spiro atoms. The van der Waals surface area contributed by atoms with Gasteiger partial charge in [-0.1, -0.05) is 12.8 Å². The number of amides is 1. The van der Waals surface area contributed by atoms with E-state index in [-0.39, 0.29) is 17.4 Å². The van der Waals surface area contributed by atoms with Crippen LogP contribution in [0.3, 0.4) is 0 Å². The van der Waals surface area contributed by atoms with E-state index in [1.54, 1.807) is 0 Å². The Labute approximate surface area is 153 Å². The van der Waals surface area contributed by atoms with Gasteiger partial charge in [0.2, 0.25) is 0 Å². The first-order chi connectivity index (χ1) is 12.1. The standard InChI is InChI=1S/C18H28N4O2S/c1-13-16(20-25-19-13)17(24)22-9-4-8-18(12-22)11-21(10-7-15(18)23)14-5-2-3-6-14/h14-15,23H,2-12H2,1H3/t15-,18-/m1/s1. The number of hydrogen-bond donors (Lipinski definition) is 1. The molecule has 0 unspecified atom stereocenters. The molecule has 3 heterocycles. The molecule has 3 aliphatic rings. The average Bonchev–Trinajstić information content (AvgIpc) is 3.29. The first-order valence-corrected chi connectivity index (χ1v) is 10.3. The van der Waals surface area contributed by atoms with Gasteiger partial charge in [0.1, 0.15) is 0 Å². The summed E-state index contributed by atoms with van der Waals surface area (Å²) in [5.41, 5.74) is 1.03. The summed E-state index contributed by atoms with van der Waals surface area (Å²) in [5.74, 6) is -0.0180. The minimum Gasteiger partial charge on any atom is -0.392 e. The van der Waals surface area contributed by atoms with Crippen molar-refractivity contribution in [3.05, 3.63) is 11.4 Å². The Morgan fingerprint density at radius 3 is 2.68 bits per heavy atom. The van der Waals surface area contributed by atoms with Crippen LogP contribution in [-0.4, -0.2) is 67.9 Å². The minimum absolute atomic E-state index is 0.0180. The van der Waals surface area contributed by atoms with Gasteiger partial charge in [0.15, 0.2) is 5.69 Å². The molecule has 1 aromatic rings. The zero-order valence-electron chi connectivity index (χ0n) is 15.0. The molecule has 1 aliphatic carbocycles. The van der Waals surface area contributed by atoms with Crippen molar-refractivity contribution in [1.29, 1.82) is 0 Å². The third-order valence-electron chi connectivity index (χ3n) is 6.51. The van der Waals surface area contributed by atoms with Crippen molar-refractivity contribution in [1.82, 2.24) is 18.5 Å². The summed E-state index contributed by atoms with van der Waals surface area (Å²) in [6.07, 6.45) is 7.73. The smallest absolute Gasteiger partial charge is 0.275 e. The van der Waals surface area contributed by atoms with Crippen LogP contribution in [0.2, 0.25) is 0 Å². The molecule has 4 rings (SSSR count). The largest absolute Gasteiger partial charge is 0.392 e. The Morgan fingerprint density at radius 1 is 1.16 bits per heavy atom. The van der Waals surface area contributed by atoms with E-state index in [4.69, 9.17) is 0 Å². The van der Waals surface area contributed by atoms with Gasteiger partial charge in [0.25, 0.3) is 5.91 Å². The third kappa shape index (κ3) is 3.22. The first-order valence-electron chi connectivity index (χ1n) is 9.60. The van der Waals surface area contributed by atoms with Gasteiger partial charge in [-0.2, -0.15) is 8.75 Å². The number of rotatable bonds is 2. The normalized spacial score (nSPS) is 31.8. The zero-order valence-corrected chi connectivity index (χ0v) is 15.8. The van der Waals surface area contributed by atoms with Crippen molar-refractivity contribution in [3.63, 3.8) is 0 Å². The SMILES string of the molecule is Cc1nsnc1C(=O)N1CCC[C@]2(C1)CN(C1CCCC1)CC[C@H]2O. The summed E-state index contributed by atoms with van der Waals surface area (Å²) in [7, 11) is 0. The van der Waals surface area contributed by atoms with Crippen LogP contribution in [0.1, 0.15) is 61.1 Å². The average molecular weight is 365 g/mol. The lowest BCUT2D eigenvalue weighted by molar-refractivity contribution is -0.0873. The molecular weight excluding hydrogens is 336 g/mol. The number of nitrogens with zero attached hydrogens (tertiary/aromatic N) is 4. The van der Waals surface area contributed by atoms with Crippen molar-refractivity contribution < 1.29 is 9.90 Å². The third-order valence-corrected chi connectivity index (χ3v) is 7.13. The van der Waals surface area contributed by atoms with Crippen molar-refractivity contribution in [2.24, 2.45) is 5.41 Å². The van der Waals surface area contributed by atoms with Crippen LogP contribution in [0.5, 0.6) is 0 Å². The Morgan fingerprint density at radius 2 is 1.96 bits per heavy atom. The van der Waals surface area contributed by atoms with Crippen LogP contribution in [-0.2, 0) is 0 Å². The van der Waals surface area contributed by atoms with E-state index >= 15 is 0 Å². The molecule has 0 bridgehead atoms. The molecule has 138 valence electrons. The lowest BCUT2D eigenvalue weighted by Gasteiger charge is -2.52. The topological polar surface area (TPSA) is 69.6 Å². The van der Waals surface area contributed by atoms with E-state index in [1.165, 1.54) is 25.7 Å². The molecule has 0 aromatic carbocycles. The van der Waals surface area contributed by atoms with Crippen LogP contribution in [0.25, 0.3) is 0 Å². The van der Waals surface area contributed by atoms with E-state index in [1.807, 2.05) is 11.8 Å². The maximum atomic E-state index is 12.9. The fourth-order valence-electron chi connectivity index (χ4n) is 5.07. The quantitative estimate of drug-likeness (QED) is 0.870. The van der Waals surface area contributed by atoms with Crippen molar-refractivity contribution in [2.75, 3.05) is 26.2 Å². The number of aryl methyl sites for hydroxylation is 1. The maximum Gasteiger partial charge on any atom is 0.275 e. The molecule has 3 fully saturated rings. The molecule has 7 heteroatoms. The van der Waals surface area contributed by atoms with Gasteiger partial charge in [-0.05, 0) is 39.0 Å². The summed E-state index contributed by atoms with van der Waals surface area (Å²) in [4.78, 5) is 17.4. The number of hydrogen-bond acceptors (Lipinski definition) is 6. The number of carbonyl (C=O) groups excluding carboxylic acids is 1. The molecule has 2 aliphatic heterocycles. The highest BCUT2D eigenvalue weighted by Crippen LogP contribution is 2.41. The predicted octanol–water partition coefficient (Wildman–Crippen LogP) is 2.08. The van der Waals surface area contributed by atoms with Crippen molar-refractivity contribution >= 4 is 17.6 Å². The van der Waals surface area contributed by atoms with E-state index in [0.29, 0.717) is 24.0 Å². The molecule has 0 radical (unpaired) electrons. The summed E-state index contributed by atoms with van der Waals surface area (Å²) in [5, 5.41) is 10.8. The predicted molar refractivity (Wildman–Crippen MR) is 96.7 cm³/mol. The number of aliphatic hydroxyl groups is 1. The molecule has 2 saturated heterocycles. The summed E-state index contributed by atoms with van der Waals surface area (Å²) < 4.78 is 8.33. The minimum atomic E-state index is -0.310. The molecule has 6 nitrogen and oxygen atoms in total. The van der Waals surface area contributed by atoms with Crippen molar-refractivity contribution in [2.45, 2.75) is 64.0 Å². The molecule has 1 aromatic heterocycles. The summed E-state index contributed by atoms with van der Waals surface area (Å²) >= 11 is 1.10. The number of aliphatic hydroxyl groups excluding tert-OH is 1. The Balaban J connectivity index is 1.51. The monoisotopic (exact) mass is 364 g/mol. The first kappa shape index (κ1) is 17.4. The van der Waals surface area contributed by atoms with E-state index in [9.17, 15) is 9.90 Å². The van der Waals surface area contributed by atoms with Crippen LogP contribution in [0.4, 0.5) is 0 Å². The summed E-state index contributed by atoms with van der Waals surface area (Å²) in [6.45, 7) is 5.17. The van der Waals surface area contributed by atoms with Crippen LogP contribution < -0.4 is 0 Å². The molecule has 1 amide bonds. The van der Waals surface area contributed by atoms with E-state index in [2.05, 4.69) is 13.6 Å². The molecule has 25 heavy (non-hydrogen) atoms. The zero-order chi connectivity index (χ0) is 17.4. The second-order valence-electron chi connectivity index (χ2n) is 8.10. The fourth-order valence-corrected chi connectivity index (χ4v) is 5.62. The van der Waals surface area contributed by atoms with Crippen molar-refractivity contribution in [3.8, 4) is 0 Å². The number of likely N-dealkylation sites (tertiary alicyclic amines) is 2. The second-order valence-corrected chi connectivity index (χ2v) is 8.63. The number of piperidine rings is 2. The van der Waals surface area contributed by atoms with Gasteiger partial charge in [-0.15, -0.1) is 0 Å². The van der Waals surface area contributed by atoms with Gasteiger partial charge < -0.3 is 10.0 Å². The fraction of sp³-hybridized carbons (Fsp3) is 0.833. The van der Waals surface area contributed by atoms with Gasteiger partial charge in [0.05, 0.1) is 23.5 Å². The summed E-state index contributed by atoms with van der Waals surface area (Å²) in [6, 6.07) is 0.681. The Bertz CT molecular complexity index is 630. The van der Waals surface area contributed by atoms with Crippen LogP contribution in [0.15, 0.2) is 0 Å². The van der Waals surface area contributed by atoms with E-state index in [0.717, 1.165) is 50.6 Å². The number of carbonyl (C=O) groups is 1. The van der Waals surface area contributed by atoms with Crippen LogP contribution in [0, 0.1) is 12.3 Å². The molecule has 2 atom stereocenters. The highest BCUT2D eigenvalue weighted by atomic mass is 32.1. The molecule has 1 saturated carbocycles. The molecule has 1 N–H and O–H groups in total. The van der Waals surface area contributed by atoms with Gasteiger partial charge in [-0.25, -0.2) is 0 Å². The highest BCUT2D eigenvalue weighted by Gasteiger charge is 2.47.